The van der Waals surface area contributed by atoms with Gasteiger partial charge in [0.2, 0.25) is 11.9 Å². The van der Waals surface area contributed by atoms with Crippen LogP contribution in [0.15, 0.2) is 6.07 Å². The standard InChI is InChI=1S/C20H31N5O.2ClH/c1-14-11-15(2)23-20(22-14)24-10-7-18-17(13-24)3-4-19(26)25(18)12-16-5-8-21-9-6-16;;/h11,16-18,21H,3-10,12-13H2,1-2H3;2*1H/t17-,18+;;/m0../s1. The van der Waals surface area contributed by atoms with E-state index in [1.54, 1.807) is 0 Å². The van der Waals surface area contributed by atoms with Gasteiger partial charge in [0.1, 0.15) is 0 Å². The monoisotopic (exact) mass is 429 g/mol. The van der Waals surface area contributed by atoms with E-state index in [2.05, 4.69) is 25.1 Å². The number of aryl methyl sites for hydroxylation is 2. The van der Waals surface area contributed by atoms with Crippen molar-refractivity contribution in [2.45, 2.75) is 52.0 Å². The molecule has 1 N–H and O–H groups in total. The van der Waals surface area contributed by atoms with Crippen LogP contribution in [0.4, 0.5) is 5.95 Å². The first-order valence-corrected chi connectivity index (χ1v) is 10.2. The summed E-state index contributed by atoms with van der Waals surface area (Å²) in [6.45, 7) is 9.14. The lowest BCUT2D eigenvalue weighted by molar-refractivity contribution is -0.140. The average Bonchev–Trinajstić information content (AvgIpc) is 2.64. The van der Waals surface area contributed by atoms with Crippen LogP contribution in [-0.2, 0) is 4.79 Å². The summed E-state index contributed by atoms with van der Waals surface area (Å²) in [7, 11) is 0. The molecular weight excluding hydrogens is 397 g/mol. The lowest BCUT2D eigenvalue weighted by Gasteiger charge is -2.48. The highest BCUT2D eigenvalue weighted by Gasteiger charge is 2.40. The van der Waals surface area contributed by atoms with Gasteiger partial charge in [0.25, 0.3) is 0 Å². The molecule has 0 spiro atoms. The molecule has 6 nitrogen and oxygen atoms in total. The smallest absolute Gasteiger partial charge is 0.225 e. The number of nitrogens with zero attached hydrogens (tertiary/aromatic N) is 4. The van der Waals surface area contributed by atoms with Gasteiger partial charge in [-0.15, -0.1) is 24.8 Å². The molecule has 3 aliphatic rings. The molecule has 0 aromatic carbocycles. The number of amides is 1. The second-order valence-electron chi connectivity index (χ2n) is 8.29. The van der Waals surface area contributed by atoms with Crippen LogP contribution in [0.25, 0.3) is 0 Å². The summed E-state index contributed by atoms with van der Waals surface area (Å²) in [6, 6.07) is 2.43. The largest absolute Gasteiger partial charge is 0.340 e. The molecule has 0 radical (unpaired) electrons. The summed E-state index contributed by atoms with van der Waals surface area (Å²) < 4.78 is 0. The molecule has 0 bridgehead atoms. The van der Waals surface area contributed by atoms with Gasteiger partial charge in [-0.3, -0.25) is 4.79 Å². The highest BCUT2D eigenvalue weighted by atomic mass is 35.5. The summed E-state index contributed by atoms with van der Waals surface area (Å²) in [5.41, 5.74) is 2.06. The number of fused-ring (bicyclic) bond motifs is 1. The van der Waals surface area contributed by atoms with Crippen molar-refractivity contribution in [1.82, 2.24) is 20.2 Å². The van der Waals surface area contributed by atoms with Crippen molar-refractivity contribution in [1.29, 1.82) is 0 Å². The zero-order valence-corrected chi connectivity index (χ0v) is 18.5. The molecule has 1 aromatic rings. The van der Waals surface area contributed by atoms with Crippen molar-refractivity contribution in [3.8, 4) is 0 Å². The zero-order valence-electron chi connectivity index (χ0n) is 16.9. The third-order valence-electron chi connectivity index (χ3n) is 6.31. The molecule has 3 fully saturated rings. The highest BCUT2D eigenvalue weighted by molar-refractivity contribution is 5.85. The van der Waals surface area contributed by atoms with Crippen LogP contribution in [0.1, 0.15) is 43.5 Å². The second kappa shape index (κ2) is 10.1. The molecule has 0 unspecified atom stereocenters. The summed E-state index contributed by atoms with van der Waals surface area (Å²) in [5.74, 6) is 2.45. The van der Waals surface area contributed by atoms with E-state index in [0.717, 1.165) is 62.9 Å². The van der Waals surface area contributed by atoms with E-state index in [0.29, 0.717) is 30.2 Å². The van der Waals surface area contributed by atoms with Crippen molar-refractivity contribution < 1.29 is 4.79 Å². The first-order chi connectivity index (χ1) is 12.6. The molecule has 8 heteroatoms. The summed E-state index contributed by atoms with van der Waals surface area (Å²) in [6.07, 6.45) is 5.15. The highest BCUT2D eigenvalue weighted by Crippen LogP contribution is 2.33. The maximum Gasteiger partial charge on any atom is 0.225 e. The third kappa shape index (κ3) is 5.08. The minimum atomic E-state index is 0. The molecule has 3 saturated heterocycles. The third-order valence-corrected chi connectivity index (χ3v) is 6.31. The molecule has 3 aliphatic heterocycles. The van der Waals surface area contributed by atoms with Crippen molar-refractivity contribution >= 4 is 36.7 Å². The summed E-state index contributed by atoms with van der Waals surface area (Å²) >= 11 is 0. The van der Waals surface area contributed by atoms with E-state index in [-0.39, 0.29) is 24.8 Å². The van der Waals surface area contributed by atoms with Crippen LogP contribution in [0.2, 0.25) is 0 Å². The Hall–Kier alpha value is -1.11. The van der Waals surface area contributed by atoms with E-state index in [9.17, 15) is 4.79 Å². The van der Waals surface area contributed by atoms with Gasteiger partial charge in [-0.25, -0.2) is 9.97 Å². The number of carbonyl (C=O) groups is 1. The SMILES string of the molecule is Cc1cc(C)nc(N2CC[C@@H]3[C@@H](CCC(=O)N3CC3CCNCC3)C2)n1.Cl.Cl. The molecular formula is C20H33Cl2N5O. The van der Waals surface area contributed by atoms with Crippen LogP contribution in [-0.4, -0.2) is 59.5 Å². The van der Waals surface area contributed by atoms with Gasteiger partial charge in [-0.2, -0.15) is 0 Å². The number of aromatic nitrogens is 2. The Balaban J connectivity index is 0.00000140. The molecule has 158 valence electrons. The quantitative estimate of drug-likeness (QED) is 0.799. The number of rotatable bonds is 3. The molecule has 28 heavy (non-hydrogen) atoms. The zero-order chi connectivity index (χ0) is 18.1. The van der Waals surface area contributed by atoms with Gasteiger partial charge in [0, 0.05) is 43.5 Å². The Morgan fingerprint density at radius 1 is 1.07 bits per heavy atom. The Morgan fingerprint density at radius 3 is 2.43 bits per heavy atom. The fourth-order valence-corrected chi connectivity index (χ4v) is 4.96. The Morgan fingerprint density at radius 2 is 1.75 bits per heavy atom. The maximum atomic E-state index is 12.6. The number of piperidine rings is 3. The first kappa shape index (κ1) is 23.2. The predicted octanol–water partition coefficient (Wildman–Crippen LogP) is 2.75. The fourth-order valence-electron chi connectivity index (χ4n) is 4.96. The van der Waals surface area contributed by atoms with E-state index in [1.165, 1.54) is 12.8 Å². The fraction of sp³-hybridized carbons (Fsp3) is 0.750. The first-order valence-electron chi connectivity index (χ1n) is 10.2. The topological polar surface area (TPSA) is 61.4 Å². The number of anilines is 1. The lowest BCUT2D eigenvalue weighted by Crippen LogP contribution is -2.57. The van der Waals surface area contributed by atoms with Crippen LogP contribution in [0, 0.1) is 25.7 Å². The van der Waals surface area contributed by atoms with E-state index in [4.69, 9.17) is 0 Å². The molecule has 4 heterocycles. The number of nitrogens with one attached hydrogen (secondary N) is 1. The van der Waals surface area contributed by atoms with E-state index >= 15 is 0 Å². The summed E-state index contributed by atoms with van der Waals surface area (Å²) in [5, 5.41) is 3.43. The van der Waals surface area contributed by atoms with Gasteiger partial charge in [-0.1, -0.05) is 0 Å². The molecule has 4 rings (SSSR count). The van der Waals surface area contributed by atoms with Crippen LogP contribution < -0.4 is 10.2 Å². The Labute approximate surface area is 180 Å². The molecule has 1 amide bonds. The predicted molar refractivity (Wildman–Crippen MR) is 117 cm³/mol. The van der Waals surface area contributed by atoms with Crippen molar-refractivity contribution in [2.24, 2.45) is 11.8 Å². The molecule has 1 aromatic heterocycles. The number of likely N-dealkylation sites (tertiary alicyclic amines) is 1. The van der Waals surface area contributed by atoms with Gasteiger partial charge in [-0.05, 0) is 70.5 Å². The Kier molecular flexibility index (Phi) is 8.34. The lowest BCUT2D eigenvalue weighted by atomic mass is 9.82. The molecule has 0 saturated carbocycles. The van der Waals surface area contributed by atoms with E-state index in [1.807, 2.05) is 19.9 Å². The number of hydrogen-bond acceptors (Lipinski definition) is 5. The van der Waals surface area contributed by atoms with Crippen LogP contribution in [0.3, 0.4) is 0 Å². The second-order valence-corrected chi connectivity index (χ2v) is 8.29. The van der Waals surface area contributed by atoms with Gasteiger partial charge < -0.3 is 15.1 Å². The van der Waals surface area contributed by atoms with Gasteiger partial charge in [0.15, 0.2) is 0 Å². The van der Waals surface area contributed by atoms with Gasteiger partial charge >= 0.3 is 0 Å². The molecule has 2 atom stereocenters. The van der Waals surface area contributed by atoms with Crippen molar-refractivity contribution in [3.05, 3.63) is 17.5 Å². The van der Waals surface area contributed by atoms with Crippen molar-refractivity contribution in [3.63, 3.8) is 0 Å². The van der Waals surface area contributed by atoms with Crippen LogP contribution >= 0.6 is 24.8 Å². The minimum absolute atomic E-state index is 0. The van der Waals surface area contributed by atoms with E-state index < -0.39 is 0 Å². The summed E-state index contributed by atoms with van der Waals surface area (Å²) in [4.78, 5) is 26.5. The van der Waals surface area contributed by atoms with Crippen LogP contribution in [0.5, 0.6) is 0 Å². The number of carbonyl (C=O) groups excluding carboxylic acids is 1. The maximum absolute atomic E-state index is 12.6. The minimum Gasteiger partial charge on any atom is -0.340 e. The molecule has 0 aliphatic carbocycles. The Bertz CT molecular complexity index is 648. The number of hydrogen-bond donors (Lipinski definition) is 1. The van der Waals surface area contributed by atoms with Crippen molar-refractivity contribution in [2.75, 3.05) is 37.6 Å². The van der Waals surface area contributed by atoms with Gasteiger partial charge in [0.05, 0.1) is 0 Å². The average molecular weight is 430 g/mol. The number of halogens is 2. The normalized spacial score (nSPS) is 25.6.